The lowest BCUT2D eigenvalue weighted by Gasteiger charge is -2.39. The van der Waals surface area contributed by atoms with E-state index >= 15 is 4.39 Å². The molecule has 10 heteroatoms. The fraction of sp³-hybridized carbons (Fsp3) is 0.389. The largest absolute Gasteiger partial charge is 0.465 e. The van der Waals surface area contributed by atoms with Crippen molar-refractivity contribution in [1.29, 1.82) is 5.26 Å². The summed E-state index contributed by atoms with van der Waals surface area (Å²) >= 11 is 0. The standard InChI is InChI=1S/C36H39F2N5O2Si/c1-22(2)46(23(3)4,24(5)6)20-16-26-10-7-9-25-11-8-12-28(31(25)26)29-13-14-30-33(32(29)37)40-35(38)41-34(30)42-18-19-43(36(44)45)27(21-42)15-17-39/h7-14,22-24,27H,15,18-19,21H2,1-6H3,(H,44,45)/t27-/m0/s1. The topological polar surface area (TPSA) is 93.3 Å². The Morgan fingerprint density at radius 3 is 2.28 bits per heavy atom. The van der Waals surface area contributed by atoms with Crippen LogP contribution >= 0.6 is 0 Å². The third kappa shape index (κ3) is 5.78. The average Bonchev–Trinajstić information content (AvgIpc) is 3.01. The maximum atomic E-state index is 16.6. The van der Waals surface area contributed by atoms with Crippen molar-refractivity contribution in [1.82, 2.24) is 14.9 Å². The molecule has 238 valence electrons. The maximum absolute atomic E-state index is 16.6. The summed E-state index contributed by atoms with van der Waals surface area (Å²) in [6, 6.07) is 16.4. The summed E-state index contributed by atoms with van der Waals surface area (Å²) in [7, 11) is -2.04. The van der Waals surface area contributed by atoms with Crippen LogP contribution in [0, 0.1) is 34.7 Å². The molecule has 4 aromatic rings. The number of carboxylic acid groups (broad SMARTS) is 1. The van der Waals surface area contributed by atoms with Gasteiger partial charge in [0.1, 0.15) is 19.4 Å². The zero-order valence-corrected chi connectivity index (χ0v) is 28.1. The molecule has 3 aromatic carbocycles. The molecule has 46 heavy (non-hydrogen) atoms. The lowest BCUT2D eigenvalue weighted by atomic mass is 9.93. The number of rotatable bonds is 6. The van der Waals surface area contributed by atoms with E-state index in [1.807, 2.05) is 42.5 Å². The van der Waals surface area contributed by atoms with Gasteiger partial charge in [0.2, 0.25) is 0 Å². The molecular formula is C36H39F2N5O2Si. The fourth-order valence-electron chi connectivity index (χ4n) is 7.43. The summed E-state index contributed by atoms with van der Waals surface area (Å²) in [5, 5.41) is 20.9. The molecule has 1 aromatic heterocycles. The number of benzene rings is 3. The Morgan fingerprint density at radius 1 is 0.978 bits per heavy atom. The van der Waals surface area contributed by atoms with Gasteiger partial charge in [-0.05, 0) is 39.7 Å². The first-order chi connectivity index (χ1) is 21.9. The third-order valence-electron chi connectivity index (χ3n) is 9.59. The molecule has 0 saturated carbocycles. The Kier molecular flexibility index (Phi) is 9.32. The second kappa shape index (κ2) is 13.1. The van der Waals surface area contributed by atoms with Gasteiger partial charge in [-0.25, -0.2) is 9.18 Å². The molecular weight excluding hydrogens is 601 g/mol. The Hall–Kier alpha value is -4.54. The number of carbonyl (C=O) groups is 1. The molecule has 0 radical (unpaired) electrons. The van der Waals surface area contributed by atoms with Crippen LogP contribution in [0.4, 0.5) is 19.4 Å². The summed E-state index contributed by atoms with van der Waals surface area (Å²) in [4.78, 5) is 22.5. The molecule has 1 atom stereocenters. The molecule has 1 amide bonds. The van der Waals surface area contributed by atoms with E-state index in [9.17, 15) is 19.6 Å². The van der Waals surface area contributed by atoms with Crippen molar-refractivity contribution in [2.75, 3.05) is 24.5 Å². The van der Waals surface area contributed by atoms with Crippen molar-refractivity contribution in [2.45, 2.75) is 70.6 Å². The number of nitrogens with zero attached hydrogens (tertiary/aromatic N) is 5. The third-order valence-corrected chi connectivity index (χ3v) is 15.9. The monoisotopic (exact) mass is 639 g/mol. The van der Waals surface area contributed by atoms with Crippen molar-refractivity contribution >= 4 is 41.7 Å². The van der Waals surface area contributed by atoms with Crippen LogP contribution in [-0.4, -0.2) is 59.8 Å². The van der Waals surface area contributed by atoms with Crippen LogP contribution in [-0.2, 0) is 0 Å². The number of fused-ring (bicyclic) bond motifs is 2. The summed E-state index contributed by atoms with van der Waals surface area (Å²) in [5.41, 5.74) is 6.73. The lowest BCUT2D eigenvalue weighted by molar-refractivity contribution is 0.119. The second-order valence-electron chi connectivity index (χ2n) is 12.9. The minimum absolute atomic E-state index is 0.0335. The number of anilines is 1. The van der Waals surface area contributed by atoms with Crippen LogP contribution in [0.25, 0.3) is 32.8 Å². The van der Waals surface area contributed by atoms with Crippen LogP contribution in [0.3, 0.4) is 0 Å². The van der Waals surface area contributed by atoms with Gasteiger partial charge in [-0.2, -0.15) is 19.6 Å². The smallest absolute Gasteiger partial charge is 0.407 e. The van der Waals surface area contributed by atoms with Gasteiger partial charge in [0.15, 0.2) is 5.82 Å². The molecule has 0 unspecified atom stereocenters. The first-order valence-corrected chi connectivity index (χ1v) is 18.0. The molecule has 2 heterocycles. The zero-order chi connectivity index (χ0) is 33.3. The summed E-state index contributed by atoms with van der Waals surface area (Å²) in [5.74, 6) is 3.05. The Labute approximate surface area is 269 Å². The van der Waals surface area contributed by atoms with Gasteiger partial charge < -0.3 is 14.9 Å². The van der Waals surface area contributed by atoms with E-state index in [-0.39, 0.29) is 43.0 Å². The minimum atomic E-state index is -2.04. The molecule has 0 spiro atoms. The number of nitriles is 1. The molecule has 1 fully saturated rings. The van der Waals surface area contributed by atoms with Crippen molar-refractivity contribution in [2.24, 2.45) is 0 Å². The molecule has 0 aliphatic carbocycles. The van der Waals surface area contributed by atoms with Gasteiger partial charge in [-0.1, -0.05) is 83.9 Å². The van der Waals surface area contributed by atoms with Crippen LogP contribution in [0.1, 0.15) is 53.5 Å². The van der Waals surface area contributed by atoms with Gasteiger partial charge in [-0.3, -0.25) is 0 Å². The molecule has 1 saturated heterocycles. The summed E-state index contributed by atoms with van der Waals surface area (Å²) < 4.78 is 31.5. The van der Waals surface area contributed by atoms with Crippen molar-refractivity contribution < 1.29 is 18.7 Å². The minimum Gasteiger partial charge on any atom is -0.465 e. The molecule has 1 N–H and O–H groups in total. The zero-order valence-electron chi connectivity index (χ0n) is 27.1. The second-order valence-corrected chi connectivity index (χ2v) is 18.5. The fourth-order valence-corrected chi connectivity index (χ4v) is 12.6. The predicted octanol–water partition coefficient (Wildman–Crippen LogP) is 8.38. The summed E-state index contributed by atoms with van der Waals surface area (Å²) in [6.45, 7) is 14.0. The molecule has 7 nitrogen and oxygen atoms in total. The highest BCUT2D eigenvalue weighted by atomic mass is 28.3. The SMILES string of the molecule is CC(C)[Si](C#Cc1cccc2cccc(-c3ccc4c(N5CCN(C(=O)O)[C@@H](CC#N)C5)nc(F)nc4c3F)c12)(C(C)C)C(C)C. The molecule has 1 aliphatic rings. The van der Waals surface area contributed by atoms with Crippen molar-refractivity contribution in [3.8, 4) is 28.7 Å². The Balaban J connectivity index is 1.66. The molecule has 0 bridgehead atoms. The number of aromatic nitrogens is 2. The number of hydrogen-bond acceptors (Lipinski definition) is 5. The normalized spacial score (nSPS) is 15.5. The predicted molar refractivity (Wildman–Crippen MR) is 181 cm³/mol. The Bertz CT molecular complexity index is 1880. The highest BCUT2D eigenvalue weighted by molar-refractivity contribution is 6.90. The van der Waals surface area contributed by atoms with Gasteiger partial charge in [0.05, 0.1) is 18.5 Å². The first kappa shape index (κ1) is 32.8. The highest BCUT2D eigenvalue weighted by Gasteiger charge is 2.41. The van der Waals surface area contributed by atoms with E-state index in [2.05, 4.69) is 63.0 Å². The van der Waals surface area contributed by atoms with E-state index in [4.69, 9.17) is 0 Å². The van der Waals surface area contributed by atoms with E-state index < -0.39 is 32.1 Å². The Morgan fingerprint density at radius 2 is 1.65 bits per heavy atom. The first-order valence-electron chi connectivity index (χ1n) is 15.7. The average molecular weight is 640 g/mol. The van der Waals surface area contributed by atoms with Gasteiger partial charge >= 0.3 is 12.2 Å². The van der Waals surface area contributed by atoms with E-state index in [0.717, 1.165) is 16.3 Å². The lowest BCUT2D eigenvalue weighted by Crippen LogP contribution is -2.55. The van der Waals surface area contributed by atoms with E-state index in [1.165, 1.54) is 4.90 Å². The van der Waals surface area contributed by atoms with E-state index in [1.54, 1.807) is 17.0 Å². The van der Waals surface area contributed by atoms with Crippen LogP contribution in [0.5, 0.6) is 0 Å². The maximum Gasteiger partial charge on any atom is 0.407 e. The van der Waals surface area contributed by atoms with E-state index in [0.29, 0.717) is 27.6 Å². The van der Waals surface area contributed by atoms with Crippen LogP contribution in [0.2, 0.25) is 16.6 Å². The van der Waals surface area contributed by atoms with Gasteiger partial charge in [0.25, 0.3) is 0 Å². The molecule has 5 rings (SSSR count). The highest BCUT2D eigenvalue weighted by Crippen LogP contribution is 2.41. The number of amides is 1. The van der Waals surface area contributed by atoms with Crippen LogP contribution in [0.15, 0.2) is 48.5 Å². The van der Waals surface area contributed by atoms with Crippen molar-refractivity contribution in [3.63, 3.8) is 0 Å². The van der Waals surface area contributed by atoms with Crippen molar-refractivity contribution in [3.05, 3.63) is 66.0 Å². The van der Waals surface area contributed by atoms with Gasteiger partial charge in [0, 0.05) is 41.5 Å². The number of halogens is 2. The molecule has 1 aliphatic heterocycles. The van der Waals surface area contributed by atoms with Crippen LogP contribution < -0.4 is 4.90 Å². The number of hydrogen-bond donors (Lipinski definition) is 1. The quantitative estimate of drug-likeness (QED) is 0.129. The number of piperazine rings is 1. The van der Waals surface area contributed by atoms with Gasteiger partial charge in [-0.15, -0.1) is 5.54 Å². The summed E-state index contributed by atoms with van der Waals surface area (Å²) in [6.07, 6.45) is -2.24.